The molecule has 4 rings (SSSR count). The first kappa shape index (κ1) is 22.0. The van der Waals surface area contributed by atoms with E-state index in [0.717, 1.165) is 5.56 Å². The summed E-state index contributed by atoms with van der Waals surface area (Å²) in [5.41, 5.74) is 2.34. The maximum atomic E-state index is 13.3. The first-order valence-electron chi connectivity index (χ1n) is 10.7. The van der Waals surface area contributed by atoms with Crippen LogP contribution in [0.25, 0.3) is 10.9 Å². The topological polar surface area (TPSA) is 77.4 Å². The highest BCUT2D eigenvalue weighted by Gasteiger charge is 2.18. The van der Waals surface area contributed by atoms with E-state index in [1.807, 2.05) is 38.1 Å². The van der Waals surface area contributed by atoms with Gasteiger partial charge in [-0.2, -0.15) is 0 Å². The van der Waals surface area contributed by atoms with E-state index in [1.165, 1.54) is 6.20 Å². The molecule has 0 atom stereocenters. The van der Waals surface area contributed by atoms with Crippen LogP contribution in [0.3, 0.4) is 0 Å². The largest absolute Gasteiger partial charge is 0.494 e. The molecule has 1 amide bonds. The van der Waals surface area contributed by atoms with Gasteiger partial charge in [-0.25, -0.2) is 0 Å². The van der Waals surface area contributed by atoms with Crippen LogP contribution in [0.15, 0.2) is 83.8 Å². The Morgan fingerprint density at radius 2 is 1.70 bits per heavy atom. The SMILES string of the molecule is CCOc1ccc2c(c1)c(=O)c(C(=O)c1ccccc1)cn2CC(=O)Nc1ccc(C)cc1. The molecule has 1 aromatic heterocycles. The first-order chi connectivity index (χ1) is 16.0. The normalized spacial score (nSPS) is 10.7. The molecule has 0 unspecified atom stereocenters. The van der Waals surface area contributed by atoms with Crippen molar-refractivity contribution < 1.29 is 14.3 Å². The van der Waals surface area contributed by atoms with Crippen molar-refractivity contribution in [2.24, 2.45) is 0 Å². The second kappa shape index (κ2) is 9.53. The minimum absolute atomic E-state index is 0.00508. The van der Waals surface area contributed by atoms with E-state index in [4.69, 9.17) is 4.74 Å². The van der Waals surface area contributed by atoms with Gasteiger partial charge >= 0.3 is 0 Å². The minimum atomic E-state index is -0.393. The molecule has 0 saturated heterocycles. The van der Waals surface area contributed by atoms with E-state index in [2.05, 4.69) is 5.32 Å². The number of ether oxygens (including phenoxy) is 1. The fourth-order valence-electron chi connectivity index (χ4n) is 3.66. The molecule has 166 valence electrons. The molecule has 6 heteroatoms. The number of aromatic nitrogens is 1. The molecular weight excluding hydrogens is 416 g/mol. The summed E-state index contributed by atoms with van der Waals surface area (Å²) >= 11 is 0. The molecular formula is C27H24N2O4. The molecule has 0 aliphatic carbocycles. The number of benzene rings is 3. The molecule has 4 aromatic rings. The van der Waals surface area contributed by atoms with Gasteiger partial charge < -0.3 is 14.6 Å². The summed E-state index contributed by atoms with van der Waals surface area (Å²) in [6.45, 7) is 4.21. The molecule has 0 bridgehead atoms. The van der Waals surface area contributed by atoms with Crippen molar-refractivity contribution in [2.75, 3.05) is 11.9 Å². The Morgan fingerprint density at radius 1 is 0.970 bits per heavy atom. The van der Waals surface area contributed by atoms with Crippen LogP contribution in [0, 0.1) is 6.92 Å². The monoisotopic (exact) mass is 440 g/mol. The zero-order valence-corrected chi connectivity index (χ0v) is 18.5. The number of rotatable bonds is 7. The molecule has 33 heavy (non-hydrogen) atoms. The quantitative estimate of drug-likeness (QED) is 0.427. The maximum absolute atomic E-state index is 13.3. The van der Waals surface area contributed by atoms with Gasteiger partial charge in [-0.15, -0.1) is 0 Å². The predicted octanol–water partition coefficient (Wildman–Crippen LogP) is 4.58. The van der Waals surface area contributed by atoms with Crippen LogP contribution in [0.5, 0.6) is 5.75 Å². The van der Waals surface area contributed by atoms with E-state index in [-0.39, 0.29) is 18.0 Å². The van der Waals surface area contributed by atoms with E-state index < -0.39 is 11.2 Å². The molecule has 1 heterocycles. The smallest absolute Gasteiger partial charge is 0.244 e. The number of amides is 1. The number of carbonyl (C=O) groups is 2. The number of aryl methyl sites for hydroxylation is 1. The number of carbonyl (C=O) groups excluding carboxylic acids is 2. The van der Waals surface area contributed by atoms with Crippen LogP contribution < -0.4 is 15.5 Å². The van der Waals surface area contributed by atoms with Crippen molar-refractivity contribution in [1.82, 2.24) is 4.57 Å². The van der Waals surface area contributed by atoms with Gasteiger partial charge in [-0.1, -0.05) is 48.0 Å². The number of nitrogens with one attached hydrogen (secondary N) is 1. The Morgan fingerprint density at radius 3 is 2.39 bits per heavy atom. The summed E-state index contributed by atoms with van der Waals surface area (Å²) in [5.74, 6) is -0.130. The molecule has 1 N–H and O–H groups in total. The zero-order valence-electron chi connectivity index (χ0n) is 18.5. The van der Waals surface area contributed by atoms with Crippen molar-refractivity contribution >= 4 is 28.3 Å². The number of hydrogen-bond acceptors (Lipinski definition) is 4. The molecule has 0 radical (unpaired) electrons. The van der Waals surface area contributed by atoms with Crippen LogP contribution in [-0.2, 0) is 11.3 Å². The van der Waals surface area contributed by atoms with E-state index in [9.17, 15) is 14.4 Å². The summed E-state index contributed by atoms with van der Waals surface area (Å²) in [7, 11) is 0. The lowest BCUT2D eigenvalue weighted by Gasteiger charge is -2.14. The number of anilines is 1. The second-order valence-electron chi connectivity index (χ2n) is 7.72. The lowest BCUT2D eigenvalue weighted by molar-refractivity contribution is -0.116. The Kier molecular flexibility index (Phi) is 6.36. The van der Waals surface area contributed by atoms with Gasteiger partial charge in [-0.05, 0) is 44.2 Å². The average molecular weight is 440 g/mol. The van der Waals surface area contributed by atoms with E-state index >= 15 is 0 Å². The molecule has 6 nitrogen and oxygen atoms in total. The summed E-state index contributed by atoms with van der Waals surface area (Å²) in [4.78, 5) is 39.2. The van der Waals surface area contributed by atoms with Crippen molar-refractivity contribution in [3.63, 3.8) is 0 Å². The fraction of sp³-hybridized carbons (Fsp3) is 0.148. The third kappa shape index (κ3) is 4.85. The van der Waals surface area contributed by atoms with Gasteiger partial charge in [0.1, 0.15) is 12.3 Å². The summed E-state index contributed by atoms with van der Waals surface area (Å²) < 4.78 is 7.18. The molecule has 0 aliphatic rings. The zero-order chi connectivity index (χ0) is 23.4. The lowest BCUT2D eigenvalue weighted by atomic mass is 10.0. The van der Waals surface area contributed by atoms with E-state index in [0.29, 0.717) is 34.5 Å². The molecule has 0 spiro atoms. The summed E-state index contributed by atoms with van der Waals surface area (Å²) in [5, 5.41) is 3.19. The molecule has 0 saturated carbocycles. The third-order valence-corrected chi connectivity index (χ3v) is 5.29. The van der Waals surface area contributed by atoms with Crippen LogP contribution in [0.1, 0.15) is 28.4 Å². The summed E-state index contributed by atoms with van der Waals surface area (Å²) in [6, 6.07) is 21.2. The molecule has 0 aliphatic heterocycles. The predicted molar refractivity (Wildman–Crippen MR) is 129 cm³/mol. The third-order valence-electron chi connectivity index (χ3n) is 5.29. The Labute approximate surface area is 191 Å². The number of hydrogen-bond donors (Lipinski definition) is 1. The van der Waals surface area contributed by atoms with Crippen LogP contribution in [0.2, 0.25) is 0 Å². The standard InChI is InChI=1S/C27H24N2O4/c1-3-33-21-13-14-24-22(15-21)27(32)23(26(31)19-7-5-4-6-8-19)16-29(24)17-25(30)28-20-11-9-18(2)10-12-20/h4-16H,3,17H2,1-2H3,(H,28,30). The number of nitrogens with zero attached hydrogens (tertiary/aromatic N) is 1. The van der Waals surface area contributed by atoms with Gasteiger partial charge in [0, 0.05) is 17.4 Å². The number of fused-ring (bicyclic) bond motifs is 1. The van der Waals surface area contributed by atoms with Gasteiger partial charge in [0.25, 0.3) is 0 Å². The van der Waals surface area contributed by atoms with Crippen molar-refractivity contribution in [2.45, 2.75) is 20.4 Å². The van der Waals surface area contributed by atoms with Crippen molar-refractivity contribution in [3.05, 3.63) is 106 Å². The van der Waals surface area contributed by atoms with Gasteiger partial charge in [0.15, 0.2) is 5.78 Å². The fourth-order valence-corrected chi connectivity index (χ4v) is 3.66. The highest BCUT2D eigenvalue weighted by Crippen LogP contribution is 2.21. The summed E-state index contributed by atoms with van der Waals surface area (Å²) in [6.07, 6.45) is 1.47. The number of pyridine rings is 1. The highest BCUT2D eigenvalue weighted by molar-refractivity contribution is 6.10. The number of ketones is 1. The first-order valence-corrected chi connectivity index (χ1v) is 10.7. The maximum Gasteiger partial charge on any atom is 0.244 e. The van der Waals surface area contributed by atoms with Gasteiger partial charge in [-0.3, -0.25) is 14.4 Å². The second-order valence-corrected chi connectivity index (χ2v) is 7.72. The highest BCUT2D eigenvalue weighted by atomic mass is 16.5. The Balaban J connectivity index is 1.77. The van der Waals surface area contributed by atoms with Crippen molar-refractivity contribution in [1.29, 1.82) is 0 Å². The van der Waals surface area contributed by atoms with Crippen LogP contribution in [0.4, 0.5) is 5.69 Å². The average Bonchev–Trinajstić information content (AvgIpc) is 2.83. The van der Waals surface area contributed by atoms with Crippen molar-refractivity contribution in [3.8, 4) is 5.75 Å². The van der Waals surface area contributed by atoms with Gasteiger partial charge in [0.05, 0.1) is 23.1 Å². The van der Waals surface area contributed by atoms with E-state index in [1.54, 1.807) is 53.1 Å². The van der Waals surface area contributed by atoms with Gasteiger partial charge in [0.2, 0.25) is 11.3 Å². The molecule has 0 fully saturated rings. The minimum Gasteiger partial charge on any atom is -0.494 e. The van der Waals surface area contributed by atoms with Crippen LogP contribution >= 0.6 is 0 Å². The molecule has 3 aromatic carbocycles. The Bertz CT molecular complexity index is 1370. The van der Waals surface area contributed by atoms with Crippen LogP contribution in [-0.4, -0.2) is 22.9 Å². The Hall–Kier alpha value is -4.19. The lowest BCUT2D eigenvalue weighted by Crippen LogP contribution is -2.24.